The average Bonchev–Trinajstić information content (AvgIpc) is 2.48. The van der Waals surface area contributed by atoms with Gasteiger partial charge in [-0.2, -0.15) is 0 Å². The molecule has 0 bridgehead atoms. The van der Waals surface area contributed by atoms with Crippen molar-refractivity contribution in [2.75, 3.05) is 11.8 Å². The lowest BCUT2D eigenvalue weighted by Crippen LogP contribution is -2.33. The molecule has 0 aliphatic heterocycles. The van der Waals surface area contributed by atoms with E-state index in [9.17, 15) is 9.50 Å². The van der Waals surface area contributed by atoms with E-state index in [4.69, 9.17) is 23.2 Å². The van der Waals surface area contributed by atoms with Gasteiger partial charge >= 0.3 is 0 Å². The van der Waals surface area contributed by atoms with Crippen LogP contribution in [0.5, 0.6) is 5.75 Å². The predicted octanol–water partition coefficient (Wildman–Crippen LogP) is 4.49. The highest BCUT2D eigenvalue weighted by Gasteiger charge is 2.31. The van der Waals surface area contributed by atoms with E-state index in [0.29, 0.717) is 18.2 Å². The summed E-state index contributed by atoms with van der Waals surface area (Å²) in [7, 11) is 0. The highest BCUT2D eigenvalue weighted by atomic mass is 35.5. The van der Waals surface area contributed by atoms with Gasteiger partial charge in [0.1, 0.15) is 11.6 Å². The van der Waals surface area contributed by atoms with E-state index in [2.05, 4.69) is 0 Å². The molecule has 0 saturated carbocycles. The highest BCUT2D eigenvalue weighted by Crippen LogP contribution is 2.32. The van der Waals surface area contributed by atoms with Crippen LogP contribution in [0.4, 0.5) is 4.39 Å². The number of hydrogen-bond acceptors (Lipinski definition) is 1. The summed E-state index contributed by atoms with van der Waals surface area (Å²) in [5.41, 5.74) is 1.48. The van der Waals surface area contributed by atoms with Crippen molar-refractivity contribution >= 4 is 23.2 Å². The molecule has 1 nitrogen and oxygen atoms in total. The number of rotatable bonds is 5. The smallest absolute Gasteiger partial charge is 0.123 e. The van der Waals surface area contributed by atoms with Crippen LogP contribution in [0.15, 0.2) is 48.5 Å². The molecule has 4 heteroatoms. The first-order valence-electron chi connectivity index (χ1n) is 6.25. The zero-order chi connectivity index (χ0) is 14.6. The third-order valence-electron chi connectivity index (χ3n) is 3.45. The van der Waals surface area contributed by atoms with E-state index < -0.39 is 5.41 Å². The summed E-state index contributed by atoms with van der Waals surface area (Å²) in [5, 5.41) is 9.32. The first-order chi connectivity index (χ1) is 9.59. The molecule has 2 rings (SSSR count). The van der Waals surface area contributed by atoms with Gasteiger partial charge in [-0.1, -0.05) is 24.3 Å². The molecular formula is C16H15Cl2FO. The van der Waals surface area contributed by atoms with Crippen LogP contribution < -0.4 is 0 Å². The van der Waals surface area contributed by atoms with Gasteiger partial charge in [0.15, 0.2) is 0 Å². The molecule has 1 N–H and O–H groups in total. The number of benzene rings is 2. The third-order valence-corrected chi connectivity index (χ3v) is 4.47. The molecule has 0 amide bonds. The number of phenolic OH excluding ortho intramolecular Hbond substituents is 1. The second-order valence-corrected chi connectivity index (χ2v) is 5.43. The van der Waals surface area contributed by atoms with Crippen molar-refractivity contribution in [3.63, 3.8) is 0 Å². The van der Waals surface area contributed by atoms with Gasteiger partial charge in [0.05, 0.1) is 0 Å². The maximum atomic E-state index is 13.1. The van der Waals surface area contributed by atoms with E-state index in [-0.39, 0.29) is 11.6 Å². The quantitative estimate of drug-likeness (QED) is 0.806. The lowest BCUT2D eigenvalue weighted by atomic mass is 9.79. The SMILES string of the molecule is Oc1ccc(CC(CCl)(CCl)c2ccc(F)cc2)cc1. The van der Waals surface area contributed by atoms with Crippen molar-refractivity contribution in [3.05, 3.63) is 65.5 Å². The van der Waals surface area contributed by atoms with Crippen LogP contribution in [0.25, 0.3) is 0 Å². The first kappa shape index (κ1) is 15.1. The maximum absolute atomic E-state index is 13.1. The minimum atomic E-state index is -0.451. The monoisotopic (exact) mass is 312 g/mol. The van der Waals surface area contributed by atoms with Gasteiger partial charge in [0.2, 0.25) is 0 Å². The van der Waals surface area contributed by atoms with Crippen LogP contribution in [0.1, 0.15) is 11.1 Å². The fraction of sp³-hybridized carbons (Fsp3) is 0.250. The number of hydrogen-bond donors (Lipinski definition) is 1. The first-order valence-corrected chi connectivity index (χ1v) is 7.32. The van der Waals surface area contributed by atoms with Crippen LogP contribution in [-0.2, 0) is 11.8 Å². The Balaban J connectivity index is 2.33. The molecule has 0 aliphatic rings. The van der Waals surface area contributed by atoms with E-state index >= 15 is 0 Å². The van der Waals surface area contributed by atoms with Crippen LogP contribution in [0, 0.1) is 5.82 Å². The fourth-order valence-electron chi connectivity index (χ4n) is 2.19. The Kier molecular flexibility index (Phi) is 4.90. The van der Waals surface area contributed by atoms with Crippen molar-refractivity contribution in [2.24, 2.45) is 0 Å². The number of alkyl halides is 2. The summed E-state index contributed by atoms with van der Waals surface area (Å²) in [5.74, 6) is 0.612. The summed E-state index contributed by atoms with van der Waals surface area (Å²) in [6.07, 6.45) is 0.631. The third kappa shape index (κ3) is 3.25. The minimum Gasteiger partial charge on any atom is -0.508 e. The normalized spacial score (nSPS) is 11.6. The van der Waals surface area contributed by atoms with E-state index in [1.165, 1.54) is 12.1 Å². The van der Waals surface area contributed by atoms with Gasteiger partial charge in [-0.3, -0.25) is 0 Å². The second-order valence-electron chi connectivity index (χ2n) is 4.90. The molecule has 0 saturated heterocycles. The molecule has 2 aromatic carbocycles. The number of phenols is 1. The topological polar surface area (TPSA) is 20.2 Å². The number of aromatic hydroxyl groups is 1. The Bertz CT molecular complexity index is 548. The highest BCUT2D eigenvalue weighted by molar-refractivity contribution is 6.22. The van der Waals surface area contributed by atoms with Gasteiger partial charge in [0, 0.05) is 17.2 Å². The second kappa shape index (κ2) is 6.47. The Morgan fingerprint density at radius 1 is 0.900 bits per heavy atom. The molecule has 0 aliphatic carbocycles. The lowest BCUT2D eigenvalue weighted by molar-refractivity contribution is 0.474. The van der Waals surface area contributed by atoms with Crippen LogP contribution in [0.3, 0.4) is 0 Å². The maximum Gasteiger partial charge on any atom is 0.123 e. The van der Waals surface area contributed by atoms with Crippen LogP contribution >= 0.6 is 23.2 Å². The lowest BCUT2D eigenvalue weighted by Gasteiger charge is -2.30. The molecule has 106 valence electrons. The van der Waals surface area contributed by atoms with Crippen molar-refractivity contribution in [1.82, 2.24) is 0 Å². The zero-order valence-corrected chi connectivity index (χ0v) is 12.3. The van der Waals surface area contributed by atoms with Crippen molar-refractivity contribution in [2.45, 2.75) is 11.8 Å². The van der Waals surface area contributed by atoms with E-state index in [1.807, 2.05) is 12.1 Å². The largest absolute Gasteiger partial charge is 0.508 e. The molecule has 0 unspecified atom stereocenters. The van der Waals surface area contributed by atoms with Crippen molar-refractivity contribution < 1.29 is 9.50 Å². The molecule has 2 aromatic rings. The molecule has 0 aromatic heterocycles. The molecule has 0 radical (unpaired) electrons. The van der Waals surface area contributed by atoms with E-state index in [0.717, 1.165) is 11.1 Å². The molecule has 20 heavy (non-hydrogen) atoms. The van der Waals surface area contributed by atoms with Gasteiger partial charge in [-0.15, -0.1) is 23.2 Å². The zero-order valence-electron chi connectivity index (χ0n) is 10.8. The van der Waals surface area contributed by atoms with E-state index in [1.54, 1.807) is 24.3 Å². The van der Waals surface area contributed by atoms with Crippen molar-refractivity contribution in [3.8, 4) is 5.75 Å². The summed E-state index contributed by atoms with van der Waals surface area (Å²) in [6, 6.07) is 13.2. The Morgan fingerprint density at radius 3 is 1.95 bits per heavy atom. The Hall–Kier alpha value is -1.25. The Morgan fingerprint density at radius 2 is 1.45 bits per heavy atom. The molecular weight excluding hydrogens is 298 g/mol. The summed E-state index contributed by atoms with van der Waals surface area (Å²) < 4.78 is 13.1. The van der Waals surface area contributed by atoms with Gasteiger partial charge < -0.3 is 5.11 Å². The van der Waals surface area contributed by atoms with Crippen LogP contribution in [0.2, 0.25) is 0 Å². The summed E-state index contributed by atoms with van der Waals surface area (Å²) >= 11 is 12.3. The van der Waals surface area contributed by atoms with Gasteiger partial charge in [-0.25, -0.2) is 4.39 Å². The summed E-state index contributed by atoms with van der Waals surface area (Å²) in [6.45, 7) is 0. The summed E-state index contributed by atoms with van der Waals surface area (Å²) in [4.78, 5) is 0. The standard InChI is InChI=1S/C16H15Cl2FO/c17-10-16(11-18,13-3-5-14(19)6-4-13)9-12-1-7-15(20)8-2-12/h1-8,20H,9-11H2. The van der Waals surface area contributed by atoms with Gasteiger partial charge in [0.25, 0.3) is 0 Å². The minimum absolute atomic E-state index is 0.220. The molecule has 0 fully saturated rings. The average molecular weight is 313 g/mol. The number of halogens is 3. The molecule has 0 spiro atoms. The van der Waals surface area contributed by atoms with Gasteiger partial charge in [-0.05, 0) is 41.8 Å². The van der Waals surface area contributed by atoms with Crippen molar-refractivity contribution in [1.29, 1.82) is 0 Å². The Labute approximate surface area is 128 Å². The molecule has 0 atom stereocenters. The molecule has 0 heterocycles. The predicted molar refractivity (Wildman–Crippen MR) is 81.3 cm³/mol. The van der Waals surface area contributed by atoms with Crippen LogP contribution in [-0.4, -0.2) is 16.9 Å². The fourth-order valence-corrected chi connectivity index (χ4v) is 2.98.